The molecule has 0 radical (unpaired) electrons. The van der Waals surface area contributed by atoms with E-state index in [4.69, 9.17) is 0 Å². The van der Waals surface area contributed by atoms with E-state index in [0.717, 1.165) is 35.0 Å². The fraction of sp³-hybridized carbons (Fsp3) is 0.238. The smallest absolute Gasteiger partial charge is 0.253 e. The molecule has 132 valence electrons. The Balaban J connectivity index is 1.53. The number of anilines is 1. The van der Waals surface area contributed by atoms with Crippen LogP contribution in [0.2, 0.25) is 0 Å². The first kappa shape index (κ1) is 16.4. The number of rotatable bonds is 5. The summed E-state index contributed by atoms with van der Waals surface area (Å²) in [6, 6.07) is 15.4. The van der Waals surface area contributed by atoms with Crippen LogP contribution in [-0.2, 0) is 11.2 Å². The fourth-order valence-corrected chi connectivity index (χ4v) is 3.20. The zero-order valence-corrected chi connectivity index (χ0v) is 14.6. The molecule has 1 aliphatic rings. The maximum Gasteiger partial charge on any atom is 0.253 e. The minimum atomic E-state index is -0.135. The quantitative estimate of drug-likeness (QED) is 0.660. The molecule has 0 saturated heterocycles. The second kappa shape index (κ2) is 6.67. The minimum Gasteiger partial charge on any atom is -0.358 e. The van der Waals surface area contributed by atoms with Gasteiger partial charge in [-0.25, -0.2) is 0 Å². The molecule has 1 aliphatic carbocycles. The van der Waals surface area contributed by atoms with Crippen molar-refractivity contribution in [1.29, 1.82) is 0 Å². The van der Waals surface area contributed by atoms with Gasteiger partial charge in [-0.2, -0.15) is 0 Å². The van der Waals surface area contributed by atoms with E-state index in [-0.39, 0.29) is 24.3 Å². The summed E-state index contributed by atoms with van der Waals surface area (Å²) in [5.41, 5.74) is 4.05. The molecule has 3 aromatic rings. The molecule has 0 atom stereocenters. The van der Waals surface area contributed by atoms with E-state index in [1.54, 1.807) is 18.2 Å². The highest BCUT2D eigenvalue weighted by molar-refractivity contribution is 6.05. The van der Waals surface area contributed by atoms with Crippen molar-refractivity contribution in [2.24, 2.45) is 0 Å². The summed E-state index contributed by atoms with van der Waals surface area (Å²) in [7, 11) is 0. The average Bonchev–Trinajstić information content (AvgIpc) is 3.39. The Morgan fingerprint density at radius 2 is 1.81 bits per heavy atom. The molecule has 0 unspecified atom stereocenters. The zero-order chi connectivity index (χ0) is 18.1. The predicted octanol–water partition coefficient (Wildman–Crippen LogP) is 3.55. The van der Waals surface area contributed by atoms with Gasteiger partial charge in [-0.15, -0.1) is 0 Å². The number of carbonyl (C=O) groups excluding carboxylic acids is 2. The summed E-state index contributed by atoms with van der Waals surface area (Å²) in [5.74, 6) is -0.267. The summed E-state index contributed by atoms with van der Waals surface area (Å²) in [6.45, 7) is 1.97. The lowest BCUT2D eigenvalue weighted by molar-refractivity contribution is -0.115. The Morgan fingerprint density at radius 3 is 2.62 bits per heavy atom. The lowest BCUT2D eigenvalue weighted by atomic mass is 10.1. The van der Waals surface area contributed by atoms with Crippen LogP contribution in [0.1, 0.15) is 34.5 Å². The number of hydrogen-bond donors (Lipinski definition) is 3. The predicted molar refractivity (Wildman–Crippen MR) is 102 cm³/mol. The largest absolute Gasteiger partial charge is 0.358 e. The van der Waals surface area contributed by atoms with Gasteiger partial charge in [-0.1, -0.05) is 30.3 Å². The summed E-state index contributed by atoms with van der Waals surface area (Å²) in [6.07, 6.45) is 2.31. The first-order chi connectivity index (χ1) is 12.6. The number of fused-ring (bicyclic) bond motifs is 1. The topological polar surface area (TPSA) is 74.0 Å². The van der Waals surface area contributed by atoms with Gasteiger partial charge in [0.25, 0.3) is 5.91 Å². The Kier molecular flexibility index (Phi) is 4.21. The van der Waals surface area contributed by atoms with Crippen LogP contribution >= 0.6 is 0 Å². The number of carbonyl (C=O) groups is 2. The number of amides is 2. The van der Waals surface area contributed by atoms with Crippen LogP contribution in [0.3, 0.4) is 0 Å². The van der Waals surface area contributed by atoms with Crippen LogP contribution in [0.5, 0.6) is 0 Å². The Hall–Kier alpha value is -3.08. The van der Waals surface area contributed by atoms with Crippen LogP contribution in [0.15, 0.2) is 48.5 Å². The maximum atomic E-state index is 12.6. The second-order valence-corrected chi connectivity index (χ2v) is 6.79. The first-order valence-corrected chi connectivity index (χ1v) is 8.88. The molecule has 1 heterocycles. The van der Waals surface area contributed by atoms with E-state index in [9.17, 15) is 9.59 Å². The van der Waals surface area contributed by atoms with Crippen molar-refractivity contribution in [1.82, 2.24) is 10.3 Å². The zero-order valence-electron chi connectivity index (χ0n) is 14.6. The van der Waals surface area contributed by atoms with Crippen molar-refractivity contribution in [3.05, 3.63) is 65.4 Å². The van der Waals surface area contributed by atoms with E-state index in [1.165, 1.54) is 0 Å². The second-order valence-electron chi connectivity index (χ2n) is 6.79. The van der Waals surface area contributed by atoms with E-state index in [1.807, 2.05) is 37.3 Å². The number of para-hydroxylation sites is 2. The highest BCUT2D eigenvalue weighted by atomic mass is 16.2. The molecule has 4 rings (SSSR count). The first-order valence-electron chi connectivity index (χ1n) is 8.88. The summed E-state index contributed by atoms with van der Waals surface area (Å²) in [4.78, 5) is 28.3. The van der Waals surface area contributed by atoms with Gasteiger partial charge in [0.15, 0.2) is 0 Å². The molecule has 0 spiro atoms. The molecular formula is C21H21N3O2. The van der Waals surface area contributed by atoms with Crippen molar-refractivity contribution < 1.29 is 9.59 Å². The van der Waals surface area contributed by atoms with Crippen molar-refractivity contribution in [2.75, 3.05) is 5.32 Å². The van der Waals surface area contributed by atoms with Crippen molar-refractivity contribution in [2.45, 2.75) is 32.2 Å². The SMILES string of the molecule is Cc1[nH]c2ccccc2c1CC(=O)Nc1ccccc1C(=O)NC1CC1. The monoisotopic (exact) mass is 347 g/mol. The molecule has 0 bridgehead atoms. The molecule has 2 amide bonds. The molecule has 3 N–H and O–H groups in total. The van der Waals surface area contributed by atoms with Crippen LogP contribution < -0.4 is 10.6 Å². The van der Waals surface area contributed by atoms with Gasteiger partial charge in [-0.05, 0) is 43.5 Å². The molecule has 26 heavy (non-hydrogen) atoms. The van der Waals surface area contributed by atoms with Gasteiger partial charge in [-0.3, -0.25) is 9.59 Å². The molecule has 0 aliphatic heterocycles. The van der Waals surface area contributed by atoms with Gasteiger partial charge < -0.3 is 15.6 Å². The van der Waals surface area contributed by atoms with Crippen LogP contribution in [-0.4, -0.2) is 22.8 Å². The van der Waals surface area contributed by atoms with E-state index in [2.05, 4.69) is 15.6 Å². The van der Waals surface area contributed by atoms with Crippen LogP contribution in [0.25, 0.3) is 10.9 Å². The van der Waals surface area contributed by atoms with Gasteiger partial charge in [0.1, 0.15) is 0 Å². The highest BCUT2D eigenvalue weighted by Gasteiger charge is 2.25. The molecule has 2 aromatic carbocycles. The molecule has 1 aromatic heterocycles. The van der Waals surface area contributed by atoms with E-state index in [0.29, 0.717) is 11.3 Å². The van der Waals surface area contributed by atoms with Crippen molar-refractivity contribution >= 4 is 28.4 Å². The maximum absolute atomic E-state index is 12.6. The lowest BCUT2D eigenvalue weighted by Gasteiger charge is -2.11. The third-order valence-electron chi connectivity index (χ3n) is 4.72. The summed E-state index contributed by atoms with van der Waals surface area (Å²) >= 11 is 0. The van der Waals surface area contributed by atoms with E-state index >= 15 is 0 Å². The fourth-order valence-electron chi connectivity index (χ4n) is 3.20. The van der Waals surface area contributed by atoms with Gasteiger partial charge in [0, 0.05) is 22.6 Å². The van der Waals surface area contributed by atoms with Gasteiger partial charge >= 0.3 is 0 Å². The third kappa shape index (κ3) is 3.33. The number of aryl methyl sites for hydroxylation is 1. The highest BCUT2D eigenvalue weighted by Crippen LogP contribution is 2.24. The van der Waals surface area contributed by atoms with Crippen molar-refractivity contribution in [3.8, 4) is 0 Å². The molecule has 5 nitrogen and oxygen atoms in total. The molecular weight excluding hydrogens is 326 g/mol. The number of hydrogen-bond acceptors (Lipinski definition) is 2. The molecule has 1 saturated carbocycles. The van der Waals surface area contributed by atoms with E-state index < -0.39 is 0 Å². The van der Waals surface area contributed by atoms with Crippen LogP contribution in [0, 0.1) is 6.92 Å². The summed E-state index contributed by atoms with van der Waals surface area (Å²) in [5, 5.41) is 6.92. The van der Waals surface area contributed by atoms with Crippen LogP contribution in [0.4, 0.5) is 5.69 Å². The Morgan fingerprint density at radius 1 is 1.08 bits per heavy atom. The normalized spacial score (nSPS) is 13.6. The number of H-pyrrole nitrogens is 1. The number of aromatic amines is 1. The Labute approximate surface area is 151 Å². The summed E-state index contributed by atoms with van der Waals surface area (Å²) < 4.78 is 0. The van der Waals surface area contributed by atoms with Gasteiger partial charge in [0.05, 0.1) is 17.7 Å². The van der Waals surface area contributed by atoms with Crippen molar-refractivity contribution in [3.63, 3.8) is 0 Å². The number of nitrogens with one attached hydrogen (secondary N) is 3. The molecule has 1 fully saturated rings. The van der Waals surface area contributed by atoms with Gasteiger partial charge in [0.2, 0.25) is 5.91 Å². The number of aromatic nitrogens is 1. The number of benzene rings is 2. The lowest BCUT2D eigenvalue weighted by Crippen LogP contribution is -2.27. The molecule has 5 heteroatoms. The minimum absolute atomic E-state index is 0.133. The third-order valence-corrected chi connectivity index (χ3v) is 4.72. The standard InChI is InChI=1S/C21H21N3O2/c1-13-17(15-6-2-4-8-18(15)22-13)12-20(25)24-19-9-5-3-7-16(19)21(26)23-14-10-11-14/h2-9,14,22H,10-12H2,1H3,(H,23,26)(H,24,25). The average molecular weight is 347 g/mol. The Bertz CT molecular complexity index is 986.